The van der Waals surface area contributed by atoms with Gasteiger partial charge in [0.2, 0.25) is 0 Å². The van der Waals surface area contributed by atoms with Crippen LogP contribution in [0.5, 0.6) is 0 Å². The number of rotatable bonds is 7. The second-order valence-electron chi connectivity index (χ2n) is 5.20. The van der Waals surface area contributed by atoms with Gasteiger partial charge in [0.25, 0.3) is 0 Å². The summed E-state index contributed by atoms with van der Waals surface area (Å²) in [6.07, 6.45) is 5.28. The second kappa shape index (κ2) is 7.40. The SMILES string of the molecule is CCC(CCO)Nc1cc(N2CCCC2CO)ncn1. The van der Waals surface area contributed by atoms with Gasteiger partial charge in [-0.05, 0) is 25.7 Å². The average molecular weight is 280 g/mol. The van der Waals surface area contributed by atoms with Gasteiger partial charge in [0.15, 0.2) is 0 Å². The lowest BCUT2D eigenvalue weighted by molar-refractivity contribution is 0.266. The predicted octanol–water partition coefficient (Wildman–Crippen LogP) is 1.01. The molecule has 1 fully saturated rings. The Morgan fingerprint density at radius 1 is 1.45 bits per heavy atom. The summed E-state index contributed by atoms with van der Waals surface area (Å²) in [5, 5.41) is 21.7. The van der Waals surface area contributed by atoms with Gasteiger partial charge >= 0.3 is 0 Å². The molecule has 1 aliphatic heterocycles. The summed E-state index contributed by atoms with van der Waals surface area (Å²) in [6, 6.07) is 2.31. The molecule has 1 saturated heterocycles. The molecule has 6 heteroatoms. The van der Waals surface area contributed by atoms with E-state index < -0.39 is 0 Å². The first-order valence-electron chi connectivity index (χ1n) is 7.35. The van der Waals surface area contributed by atoms with Crippen molar-refractivity contribution in [2.45, 2.75) is 44.7 Å². The molecule has 1 aliphatic rings. The highest BCUT2D eigenvalue weighted by Crippen LogP contribution is 2.24. The number of hydrogen-bond acceptors (Lipinski definition) is 6. The number of aliphatic hydroxyl groups excluding tert-OH is 2. The van der Waals surface area contributed by atoms with E-state index in [0.29, 0.717) is 6.42 Å². The maximum atomic E-state index is 9.39. The van der Waals surface area contributed by atoms with Crippen LogP contribution >= 0.6 is 0 Å². The fraction of sp³-hybridized carbons (Fsp3) is 0.714. The molecule has 1 aromatic rings. The summed E-state index contributed by atoms with van der Waals surface area (Å²) < 4.78 is 0. The van der Waals surface area contributed by atoms with Crippen molar-refractivity contribution in [3.05, 3.63) is 12.4 Å². The summed E-state index contributed by atoms with van der Waals surface area (Å²) in [5.41, 5.74) is 0. The Bertz CT molecular complexity index is 416. The molecule has 2 rings (SSSR count). The largest absolute Gasteiger partial charge is 0.396 e. The molecular formula is C14H24N4O2. The van der Waals surface area contributed by atoms with Crippen LogP contribution in [0.4, 0.5) is 11.6 Å². The molecule has 0 spiro atoms. The van der Waals surface area contributed by atoms with Crippen molar-refractivity contribution < 1.29 is 10.2 Å². The van der Waals surface area contributed by atoms with Crippen molar-refractivity contribution in [2.75, 3.05) is 30.0 Å². The predicted molar refractivity (Wildman–Crippen MR) is 78.9 cm³/mol. The summed E-state index contributed by atoms with van der Waals surface area (Å²) in [6.45, 7) is 3.34. The Morgan fingerprint density at radius 3 is 3.00 bits per heavy atom. The lowest BCUT2D eigenvalue weighted by Gasteiger charge is -2.24. The van der Waals surface area contributed by atoms with Gasteiger partial charge in [-0.15, -0.1) is 0 Å². The third kappa shape index (κ3) is 3.58. The van der Waals surface area contributed by atoms with Crippen molar-refractivity contribution in [3.8, 4) is 0 Å². The maximum absolute atomic E-state index is 9.39. The Morgan fingerprint density at radius 2 is 2.30 bits per heavy atom. The van der Waals surface area contributed by atoms with Crippen molar-refractivity contribution in [2.24, 2.45) is 0 Å². The molecule has 1 aromatic heterocycles. The Labute approximate surface area is 119 Å². The molecular weight excluding hydrogens is 256 g/mol. The number of anilines is 2. The molecule has 0 saturated carbocycles. The van der Waals surface area contributed by atoms with Gasteiger partial charge in [-0.2, -0.15) is 0 Å². The van der Waals surface area contributed by atoms with Gasteiger partial charge < -0.3 is 20.4 Å². The number of aromatic nitrogens is 2. The van der Waals surface area contributed by atoms with Crippen molar-refractivity contribution in [1.82, 2.24) is 9.97 Å². The minimum Gasteiger partial charge on any atom is -0.396 e. The fourth-order valence-corrected chi connectivity index (χ4v) is 2.65. The van der Waals surface area contributed by atoms with Crippen LogP contribution in [0.15, 0.2) is 12.4 Å². The molecule has 0 radical (unpaired) electrons. The normalized spacial score (nSPS) is 20.1. The number of hydrogen-bond donors (Lipinski definition) is 3. The molecule has 2 atom stereocenters. The molecule has 0 amide bonds. The van der Waals surface area contributed by atoms with Crippen LogP contribution in [0.25, 0.3) is 0 Å². The Kier molecular flexibility index (Phi) is 5.55. The van der Waals surface area contributed by atoms with E-state index in [2.05, 4.69) is 27.1 Å². The van der Waals surface area contributed by atoms with E-state index in [-0.39, 0.29) is 25.3 Å². The summed E-state index contributed by atoms with van der Waals surface area (Å²) in [5.74, 6) is 1.64. The third-order valence-electron chi connectivity index (χ3n) is 3.86. The van der Waals surface area contributed by atoms with Crippen LogP contribution in [0.3, 0.4) is 0 Å². The minimum absolute atomic E-state index is 0.162. The standard InChI is InChI=1S/C14H24N4O2/c1-2-11(5-7-19)17-13-8-14(16-10-15-13)18-6-3-4-12(18)9-20/h8,10-12,19-20H,2-7,9H2,1H3,(H,15,16,17). The van der Waals surface area contributed by atoms with Crippen LogP contribution in [0.1, 0.15) is 32.6 Å². The molecule has 0 bridgehead atoms. The summed E-state index contributed by atoms with van der Waals surface area (Å²) in [4.78, 5) is 10.7. The number of nitrogens with one attached hydrogen (secondary N) is 1. The zero-order valence-electron chi connectivity index (χ0n) is 12.0. The molecule has 6 nitrogen and oxygen atoms in total. The number of nitrogens with zero attached hydrogens (tertiary/aromatic N) is 3. The highest BCUT2D eigenvalue weighted by atomic mass is 16.3. The van der Waals surface area contributed by atoms with E-state index >= 15 is 0 Å². The smallest absolute Gasteiger partial charge is 0.134 e. The number of aliphatic hydroxyl groups is 2. The van der Waals surface area contributed by atoms with Crippen LogP contribution in [-0.4, -0.2) is 52.0 Å². The fourth-order valence-electron chi connectivity index (χ4n) is 2.65. The van der Waals surface area contributed by atoms with Crippen molar-refractivity contribution >= 4 is 11.6 Å². The highest BCUT2D eigenvalue weighted by Gasteiger charge is 2.25. The molecule has 3 N–H and O–H groups in total. The topological polar surface area (TPSA) is 81.5 Å². The van der Waals surface area contributed by atoms with Gasteiger partial charge in [-0.3, -0.25) is 0 Å². The first-order valence-corrected chi connectivity index (χ1v) is 7.35. The summed E-state index contributed by atoms with van der Waals surface area (Å²) >= 11 is 0. The third-order valence-corrected chi connectivity index (χ3v) is 3.86. The van der Waals surface area contributed by atoms with Crippen molar-refractivity contribution in [3.63, 3.8) is 0 Å². The van der Waals surface area contributed by atoms with Crippen molar-refractivity contribution in [1.29, 1.82) is 0 Å². The first kappa shape index (κ1) is 15.0. The molecule has 2 unspecified atom stereocenters. The molecule has 0 aromatic carbocycles. The van der Waals surface area contributed by atoms with Gasteiger partial charge in [-0.1, -0.05) is 6.92 Å². The Balaban J connectivity index is 2.07. The zero-order valence-corrected chi connectivity index (χ0v) is 12.0. The van der Waals surface area contributed by atoms with Gasteiger partial charge in [0, 0.05) is 25.3 Å². The van der Waals surface area contributed by atoms with Crippen LogP contribution in [-0.2, 0) is 0 Å². The summed E-state index contributed by atoms with van der Waals surface area (Å²) in [7, 11) is 0. The van der Waals surface area contributed by atoms with E-state index in [0.717, 1.165) is 37.4 Å². The van der Waals surface area contributed by atoms with E-state index in [1.807, 2.05) is 6.07 Å². The van der Waals surface area contributed by atoms with Crippen LogP contribution in [0, 0.1) is 0 Å². The van der Waals surface area contributed by atoms with Gasteiger partial charge in [-0.25, -0.2) is 9.97 Å². The molecule has 2 heterocycles. The maximum Gasteiger partial charge on any atom is 0.134 e. The second-order valence-corrected chi connectivity index (χ2v) is 5.20. The van der Waals surface area contributed by atoms with Crippen LogP contribution < -0.4 is 10.2 Å². The average Bonchev–Trinajstić information content (AvgIpc) is 2.95. The molecule has 112 valence electrons. The van der Waals surface area contributed by atoms with E-state index in [1.54, 1.807) is 6.33 Å². The van der Waals surface area contributed by atoms with E-state index in [1.165, 1.54) is 0 Å². The molecule has 20 heavy (non-hydrogen) atoms. The van der Waals surface area contributed by atoms with Crippen LogP contribution in [0.2, 0.25) is 0 Å². The highest BCUT2D eigenvalue weighted by molar-refractivity contribution is 5.50. The van der Waals surface area contributed by atoms with Gasteiger partial charge in [0.1, 0.15) is 18.0 Å². The lowest BCUT2D eigenvalue weighted by Crippen LogP contribution is -2.32. The lowest BCUT2D eigenvalue weighted by atomic mass is 10.1. The first-order chi connectivity index (χ1) is 9.78. The molecule has 0 aliphatic carbocycles. The monoisotopic (exact) mass is 280 g/mol. The van der Waals surface area contributed by atoms with Gasteiger partial charge in [0.05, 0.1) is 12.6 Å². The minimum atomic E-state index is 0.162. The van der Waals surface area contributed by atoms with E-state index in [9.17, 15) is 5.11 Å². The zero-order chi connectivity index (χ0) is 14.4. The van der Waals surface area contributed by atoms with E-state index in [4.69, 9.17) is 5.11 Å². The quantitative estimate of drug-likeness (QED) is 0.691. The Hall–Kier alpha value is -1.40.